The standard InChI is InChI=1S/C44H53NO9/c1-5-37(46)36(45-43(47)54-44(2,3)4)30-52-42-41(51-29-35-24-16-9-17-25-35)40(50-28-34-22-14-8-15-23-34)39(49-27-33-20-12-7-13-21-33)38(53-42)31-48-26-32-18-10-6-11-19-32/h5-25,36-42,46H,1,26-31H2,2-4H3,(H,45,47)/t36-,37+,38?,39-,40?,41-,42-/m0/s1. The number of hydrogen-bond acceptors (Lipinski definition) is 9. The van der Waals surface area contributed by atoms with Crippen LogP contribution < -0.4 is 5.32 Å². The normalized spacial score (nSPS) is 21.1. The van der Waals surface area contributed by atoms with Crippen molar-refractivity contribution in [3.63, 3.8) is 0 Å². The summed E-state index contributed by atoms with van der Waals surface area (Å²) >= 11 is 0. The first-order chi connectivity index (χ1) is 26.2. The maximum Gasteiger partial charge on any atom is 0.408 e. The van der Waals surface area contributed by atoms with E-state index in [1.807, 2.05) is 121 Å². The summed E-state index contributed by atoms with van der Waals surface area (Å²) in [4.78, 5) is 12.8. The SMILES string of the molecule is C=C[C@@H](O)[C@H](CO[C@H]1OC(COCc2ccccc2)[C@H](OCc2ccccc2)C(OCc2ccccc2)[C@@H]1OCc1ccccc1)NC(=O)OC(C)(C)C. The number of carbonyl (C=O) groups is 1. The van der Waals surface area contributed by atoms with Gasteiger partial charge >= 0.3 is 6.09 Å². The first-order valence-corrected chi connectivity index (χ1v) is 18.3. The number of aliphatic hydroxyl groups is 1. The van der Waals surface area contributed by atoms with Gasteiger partial charge in [-0.05, 0) is 43.0 Å². The van der Waals surface area contributed by atoms with Crippen LogP contribution in [0.25, 0.3) is 0 Å². The highest BCUT2D eigenvalue weighted by atomic mass is 16.7. The van der Waals surface area contributed by atoms with Crippen LogP contribution in [0.5, 0.6) is 0 Å². The Hall–Kier alpha value is -4.39. The van der Waals surface area contributed by atoms with Gasteiger partial charge in [-0.3, -0.25) is 0 Å². The minimum Gasteiger partial charge on any atom is -0.444 e. The van der Waals surface area contributed by atoms with Gasteiger partial charge in [0.15, 0.2) is 6.29 Å². The Balaban J connectivity index is 1.46. The van der Waals surface area contributed by atoms with Gasteiger partial charge in [0.05, 0.1) is 51.8 Å². The molecule has 1 heterocycles. The number of aliphatic hydroxyl groups excluding tert-OH is 1. The number of alkyl carbamates (subject to hydrolysis) is 1. The molecular formula is C44H53NO9. The van der Waals surface area contributed by atoms with Crippen molar-refractivity contribution in [2.45, 2.75) is 95.7 Å². The molecule has 10 nitrogen and oxygen atoms in total. The number of amides is 1. The minimum atomic E-state index is -1.15. The van der Waals surface area contributed by atoms with E-state index in [0.717, 1.165) is 22.3 Å². The third-order valence-corrected chi connectivity index (χ3v) is 8.64. The number of ether oxygens (including phenoxy) is 7. The lowest BCUT2D eigenvalue weighted by atomic mass is 9.97. The van der Waals surface area contributed by atoms with Crippen molar-refractivity contribution in [3.05, 3.63) is 156 Å². The Labute approximate surface area is 319 Å². The quantitative estimate of drug-likeness (QED) is 0.0970. The second kappa shape index (κ2) is 20.9. The molecule has 288 valence electrons. The Morgan fingerprint density at radius 1 is 0.704 bits per heavy atom. The summed E-state index contributed by atoms with van der Waals surface area (Å²) in [6.45, 7) is 10.1. The molecular weight excluding hydrogens is 686 g/mol. The van der Waals surface area contributed by atoms with Crippen LogP contribution in [0.2, 0.25) is 0 Å². The van der Waals surface area contributed by atoms with Crippen LogP contribution in [0, 0.1) is 0 Å². The van der Waals surface area contributed by atoms with E-state index in [1.165, 1.54) is 6.08 Å². The van der Waals surface area contributed by atoms with E-state index in [2.05, 4.69) is 11.9 Å². The number of rotatable bonds is 19. The lowest BCUT2D eigenvalue weighted by molar-refractivity contribution is -0.329. The average Bonchev–Trinajstić information content (AvgIpc) is 3.18. The zero-order valence-corrected chi connectivity index (χ0v) is 31.3. The number of hydrogen-bond donors (Lipinski definition) is 2. The van der Waals surface area contributed by atoms with Crippen molar-refractivity contribution in [3.8, 4) is 0 Å². The molecule has 5 rings (SSSR count). The second-order valence-corrected chi connectivity index (χ2v) is 14.1. The zero-order valence-electron chi connectivity index (χ0n) is 31.3. The topological polar surface area (TPSA) is 114 Å². The Morgan fingerprint density at radius 3 is 1.61 bits per heavy atom. The van der Waals surface area contributed by atoms with Gasteiger partial charge in [-0.1, -0.05) is 127 Å². The predicted octanol–water partition coefficient (Wildman–Crippen LogP) is 7.14. The zero-order chi connectivity index (χ0) is 38.2. The van der Waals surface area contributed by atoms with Crippen LogP contribution in [0.3, 0.4) is 0 Å². The number of benzene rings is 4. The maximum absolute atomic E-state index is 12.8. The summed E-state index contributed by atoms with van der Waals surface area (Å²) in [5.74, 6) is 0. The Bertz CT molecular complexity index is 1650. The first-order valence-electron chi connectivity index (χ1n) is 18.3. The molecule has 1 saturated heterocycles. The lowest BCUT2D eigenvalue weighted by Gasteiger charge is -2.46. The molecule has 0 bridgehead atoms. The van der Waals surface area contributed by atoms with E-state index >= 15 is 0 Å². The molecule has 0 radical (unpaired) electrons. The summed E-state index contributed by atoms with van der Waals surface area (Å²) < 4.78 is 45.1. The second-order valence-electron chi connectivity index (χ2n) is 14.1. The molecule has 2 N–H and O–H groups in total. The van der Waals surface area contributed by atoms with Gasteiger partial charge in [-0.25, -0.2) is 4.79 Å². The smallest absolute Gasteiger partial charge is 0.408 e. The number of carbonyl (C=O) groups excluding carboxylic acids is 1. The van der Waals surface area contributed by atoms with E-state index in [4.69, 9.17) is 33.2 Å². The van der Waals surface area contributed by atoms with Gasteiger partial charge in [0.2, 0.25) is 0 Å². The van der Waals surface area contributed by atoms with Crippen molar-refractivity contribution < 1.29 is 43.1 Å². The van der Waals surface area contributed by atoms with Crippen molar-refractivity contribution in [2.75, 3.05) is 13.2 Å². The maximum atomic E-state index is 12.8. The summed E-state index contributed by atoms with van der Waals surface area (Å²) in [6.07, 6.45) is -4.40. The van der Waals surface area contributed by atoms with E-state index < -0.39 is 54.5 Å². The summed E-state index contributed by atoms with van der Waals surface area (Å²) in [5, 5.41) is 13.6. The van der Waals surface area contributed by atoms with Crippen molar-refractivity contribution in [2.24, 2.45) is 0 Å². The van der Waals surface area contributed by atoms with Crippen LogP contribution in [0.1, 0.15) is 43.0 Å². The fourth-order valence-corrected chi connectivity index (χ4v) is 5.93. The van der Waals surface area contributed by atoms with Gasteiger partial charge < -0.3 is 43.6 Å². The third-order valence-electron chi connectivity index (χ3n) is 8.64. The van der Waals surface area contributed by atoms with Gasteiger partial charge in [-0.15, -0.1) is 6.58 Å². The molecule has 1 amide bonds. The highest BCUT2D eigenvalue weighted by Gasteiger charge is 2.49. The highest BCUT2D eigenvalue weighted by Crippen LogP contribution is 2.32. The van der Waals surface area contributed by atoms with Crippen LogP contribution in [-0.2, 0) is 59.6 Å². The van der Waals surface area contributed by atoms with Crippen molar-refractivity contribution in [1.82, 2.24) is 5.32 Å². The van der Waals surface area contributed by atoms with Gasteiger partial charge in [0, 0.05) is 0 Å². The van der Waals surface area contributed by atoms with Crippen molar-refractivity contribution >= 4 is 6.09 Å². The molecule has 1 aliphatic heterocycles. The van der Waals surface area contributed by atoms with Gasteiger partial charge in [0.1, 0.15) is 30.0 Å². The first kappa shape index (κ1) is 40.8. The van der Waals surface area contributed by atoms with Crippen molar-refractivity contribution in [1.29, 1.82) is 0 Å². The molecule has 0 saturated carbocycles. The monoisotopic (exact) mass is 739 g/mol. The molecule has 1 aliphatic rings. The van der Waals surface area contributed by atoms with Crippen LogP contribution in [0.15, 0.2) is 134 Å². The third kappa shape index (κ3) is 13.2. The minimum absolute atomic E-state index is 0.152. The fourth-order valence-electron chi connectivity index (χ4n) is 5.93. The predicted molar refractivity (Wildman–Crippen MR) is 205 cm³/mol. The Kier molecular flexibility index (Phi) is 15.8. The lowest BCUT2D eigenvalue weighted by Crippen LogP contribution is -2.62. The molecule has 1 fully saturated rings. The van der Waals surface area contributed by atoms with Gasteiger partial charge in [-0.2, -0.15) is 0 Å². The molecule has 54 heavy (non-hydrogen) atoms. The average molecular weight is 740 g/mol. The van der Waals surface area contributed by atoms with E-state index in [9.17, 15) is 9.90 Å². The molecule has 10 heteroatoms. The highest BCUT2D eigenvalue weighted by molar-refractivity contribution is 5.68. The number of nitrogens with one attached hydrogen (secondary N) is 1. The largest absolute Gasteiger partial charge is 0.444 e. The molecule has 0 aromatic heterocycles. The summed E-state index contributed by atoms with van der Waals surface area (Å²) in [7, 11) is 0. The summed E-state index contributed by atoms with van der Waals surface area (Å²) in [6, 6.07) is 38.5. The molecule has 4 aromatic carbocycles. The molecule has 4 aromatic rings. The molecule has 0 spiro atoms. The Morgan fingerprint density at radius 2 is 1.15 bits per heavy atom. The van der Waals surface area contributed by atoms with Crippen LogP contribution >= 0.6 is 0 Å². The van der Waals surface area contributed by atoms with Crippen LogP contribution in [-0.4, -0.2) is 72.9 Å². The van der Waals surface area contributed by atoms with E-state index in [-0.39, 0.29) is 26.4 Å². The van der Waals surface area contributed by atoms with E-state index in [0.29, 0.717) is 13.2 Å². The van der Waals surface area contributed by atoms with E-state index in [1.54, 1.807) is 20.8 Å². The molecule has 7 atom stereocenters. The molecule has 0 aliphatic carbocycles. The van der Waals surface area contributed by atoms with Gasteiger partial charge in [0.25, 0.3) is 0 Å². The fraction of sp³-hybridized carbons (Fsp3) is 0.386. The summed E-state index contributed by atoms with van der Waals surface area (Å²) in [5.41, 5.74) is 3.16. The molecule has 2 unspecified atom stereocenters. The van der Waals surface area contributed by atoms with Crippen LogP contribution in [0.4, 0.5) is 4.79 Å².